The minimum atomic E-state index is 0. The Hall–Kier alpha value is -0.640. The Morgan fingerprint density at radius 1 is 1.41 bits per heavy atom. The largest absolute Gasteiger partial charge is 0.327 e. The number of hydrogen-bond donors (Lipinski definition) is 1. The van der Waals surface area contributed by atoms with E-state index < -0.39 is 0 Å². The minimum Gasteiger partial charge on any atom is -0.327 e. The highest BCUT2D eigenvalue weighted by atomic mass is 35.5. The van der Waals surface area contributed by atoms with Crippen molar-refractivity contribution >= 4 is 12.4 Å². The van der Waals surface area contributed by atoms with Gasteiger partial charge in [0, 0.05) is 31.0 Å². The first-order chi connectivity index (χ1) is 7.77. The van der Waals surface area contributed by atoms with Gasteiger partial charge in [-0.15, -0.1) is 12.4 Å². The zero-order valence-corrected chi connectivity index (χ0v) is 11.2. The lowest BCUT2D eigenvalue weighted by molar-refractivity contribution is 0.123. The number of nitrogens with zero attached hydrogens (tertiary/aromatic N) is 2. The Bertz CT molecular complexity index is 316. The zero-order valence-electron chi connectivity index (χ0n) is 10.4. The molecule has 1 aromatic heterocycles. The molecule has 2 rings (SSSR count). The number of rotatable bonds is 3. The maximum absolute atomic E-state index is 6.06. The predicted octanol–water partition coefficient (Wildman–Crippen LogP) is 2.21. The van der Waals surface area contributed by atoms with Gasteiger partial charge >= 0.3 is 0 Å². The van der Waals surface area contributed by atoms with Crippen LogP contribution in [0.2, 0.25) is 0 Å². The quantitative estimate of drug-likeness (QED) is 0.901. The molecule has 0 spiro atoms. The molecule has 0 aliphatic carbocycles. The van der Waals surface area contributed by atoms with Crippen LogP contribution in [-0.2, 0) is 6.54 Å². The molecule has 0 bridgehead atoms. The van der Waals surface area contributed by atoms with Gasteiger partial charge in [0.2, 0.25) is 0 Å². The van der Waals surface area contributed by atoms with E-state index in [0.29, 0.717) is 6.04 Å². The summed E-state index contributed by atoms with van der Waals surface area (Å²) >= 11 is 0. The first-order valence-electron chi connectivity index (χ1n) is 6.16. The lowest BCUT2D eigenvalue weighted by Gasteiger charge is -2.38. The van der Waals surface area contributed by atoms with E-state index in [0.717, 1.165) is 6.54 Å². The van der Waals surface area contributed by atoms with E-state index in [1.54, 1.807) is 0 Å². The average Bonchev–Trinajstić information content (AvgIpc) is 2.31. The molecule has 2 heterocycles. The molecule has 4 heteroatoms. The summed E-state index contributed by atoms with van der Waals surface area (Å²) in [5, 5.41) is 0. The van der Waals surface area contributed by atoms with Crippen molar-refractivity contribution in [2.24, 2.45) is 5.73 Å². The number of hydrogen-bond acceptors (Lipinski definition) is 3. The summed E-state index contributed by atoms with van der Waals surface area (Å²) in [5.41, 5.74) is 7.39. The molecule has 0 aromatic carbocycles. The van der Waals surface area contributed by atoms with Gasteiger partial charge in [0.1, 0.15) is 0 Å². The monoisotopic (exact) mass is 255 g/mol. The molecule has 17 heavy (non-hydrogen) atoms. The van der Waals surface area contributed by atoms with E-state index in [-0.39, 0.29) is 18.4 Å². The second-order valence-electron chi connectivity index (χ2n) is 4.75. The Morgan fingerprint density at radius 2 is 2.12 bits per heavy atom. The first-order valence-corrected chi connectivity index (χ1v) is 6.16. The van der Waals surface area contributed by atoms with Crippen LogP contribution < -0.4 is 5.73 Å². The van der Waals surface area contributed by atoms with Gasteiger partial charge in [-0.05, 0) is 44.0 Å². The van der Waals surface area contributed by atoms with Crippen LogP contribution in [0.4, 0.5) is 0 Å². The molecule has 1 aromatic rings. The molecular formula is C13H22ClN3. The van der Waals surface area contributed by atoms with Crippen molar-refractivity contribution in [2.45, 2.75) is 44.8 Å². The Balaban J connectivity index is 0.00000144. The molecule has 0 amide bonds. The number of piperidine rings is 1. The third-order valence-electron chi connectivity index (χ3n) is 3.41. The third kappa shape index (κ3) is 3.95. The summed E-state index contributed by atoms with van der Waals surface area (Å²) in [7, 11) is 0. The van der Waals surface area contributed by atoms with Crippen LogP contribution in [0, 0.1) is 0 Å². The van der Waals surface area contributed by atoms with Gasteiger partial charge in [0.25, 0.3) is 0 Å². The molecule has 1 aliphatic rings. The van der Waals surface area contributed by atoms with Crippen LogP contribution in [0.25, 0.3) is 0 Å². The van der Waals surface area contributed by atoms with Gasteiger partial charge in [-0.25, -0.2) is 0 Å². The zero-order chi connectivity index (χ0) is 11.4. The van der Waals surface area contributed by atoms with Crippen molar-refractivity contribution in [2.75, 3.05) is 6.54 Å². The van der Waals surface area contributed by atoms with E-state index in [4.69, 9.17) is 5.73 Å². The summed E-state index contributed by atoms with van der Waals surface area (Å²) in [4.78, 5) is 6.57. The number of halogens is 1. The maximum Gasteiger partial charge on any atom is 0.0271 e. The highest BCUT2D eigenvalue weighted by Crippen LogP contribution is 2.21. The van der Waals surface area contributed by atoms with Gasteiger partial charge in [-0.3, -0.25) is 9.88 Å². The highest BCUT2D eigenvalue weighted by molar-refractivity contribution is 5.85. The van der Waals surface area contributed by atoms with Crippen molar-refractivity contribution < 1.29 is 0 Å². The van der Waals surface area contributed by atoms with Crippen molar-refractivity contribution in [3.8, 4) is 0 Å². The van der Waals surface area contributed by atoms with E-state index in [1.807, 2.05) is 12.4 Å². The van der Waals surface area contributed by atoms with Crippen LogP contribution in [-0.4, -0.2) is 28.5 Å². The van der Waals surface area contributed by atoms with Crippen LogP contribution in [0.3, 0.4) is 0 Å². The summed E-state index contributed by atoms with van der Waals surface area (Å²) in [5.74, 6) is 0. The second-order valence-corrected chi connectivity index (χ2v) is 4.75. The molecule has 96 valence electrons. The fraction of sp³-hybridized carbons (Fsp3) is 0.615. The molecule has 2 atom stereocenters. The van der Waals surface area contributed by atoms with Crippen molar-refractivity contribution in [3.05, 3.63) is 30.1 Å². The van der Waals surface area contributed by atoms with Crippen LogP contribution in [0.15, 0.2) is 24.5 Å². The highest BCUT2D eigenvalue weighted by Gasteiger charge is 2.24. The van der Waals surface area contributed by atoms with Crippen LogP contribution >= 0.6 is 12.4 Å². The van der Waals surface area contributed by atoms with E-state index in [9.17, 15) is 0 Å². The van der Waals surface area contributed by atoms with Crippen molar-refractivity contribution in [1.82, 2.24) is 9.88 Å². The number of pyridine rings is 1. The second kappa shape index (κ2) is 6.94. The molecule has 1 fully saturated rings. The maximum atomic E-state index is 6.06. The van der Waals surface area contributed by atoms with Gasteiger partial charge in [0.05, 0.1) is 0 Å². The Kier molecular flexibility index (Phi) is 5.89. The van der Waals surface area contributed by atoms with Crippen molar-refractivity contribution in [3.63, 3.8) is 0 Å². The van der Waals surface area contributed by atoms with E-state index in [2.05, 4.69) is 28.9 Å². The lowest BCUT2D eigenvalue weighted by atomic mass is 9.96. The van der Waals surface area contributed by atoms with E-state index in [1.165, 1.54) is 31.4 Å². The fourth-order valence-electron chi connectivity index (χ4n) is 2.53. The normalized spacial score (nSPS) is 22.8. The molecular weight excluding hydrogens is 234 g/mol. The number of likely N-dealkylation sites (tertiary alicyclic amines) is 1. The molecule has 0 saturated carbocycles. The van der Waals surface area contributed by atoms with Gasteiger partial charge < -0.3 is 5.73 Å². The Morgan fingerprint density at radius 3 is 2.76 bits per heavy atom. The SMILES string of the molecule is CC(N)C1CCCCN1Cc1ccncc1.Cl. The molecule has 1 aliphatic heterocycles. The predicted molar refractivity (Wildman–Crippen MR) is 73.2 cm³/mol. The summed E-state index contributed by atoms with van der Waals surface area (Å²) in [6.45, 7) is 4.30. The molecule has 0 radical (unpaired) electrons. The summed E-state index contributed by atoms with van der Waals surface area (Å²) < 4.78 is 0. The molecule has 2 N–H and O–H groups in total. The smallest absolute Gasteiger partial charge is 0.0271 e. The lowest BCUT2D eigenvalue weighted by Crippen LogP contribution is -2.48. The standard InChI is InChI=1S/C13H21N3.ClH/c1-11(14)13-4-2-3-9-16(13)10-12-5-7-15-8-6-12;/h5-8,11,13H,2-4,9-10,14H2,1H3;1H. The van der Waals surface area contributed by atoms with Crippen LogP contribution in [0.5, 0.6) is 0 Å². The van der Waals surface area contributed by atoms with Gasteiger partial charge in [-0.1, -0.05) is 6.42 Å². The fourth-order valence-corrected chi connectivity index (χ4v) is 2.53. The van der Waals surface area contributed by atoms with Gasteiger partial charge in [-0.2, -0.15) is 0 Å². The third-order valence-corrected chi connectivity index (χ3v) is 3.41. The van der Waals surface area contributed by atoms with Crippen LogP contribution in [0.1, 0.15) is 31.7 Å². The number of nitrogens with two attached hydrogens (primary N) is 1. The molecule has 3 nitrogen and oxygen atoms in total. The molecule has 2 unspecified atom stereocenters. The summed E-state index contributed by atoms with van der Waals surface area (Å²) in [6.07, 6.45) is 7.58. The minimum absolute atomic E-state index is 0. The molecule has 1 saturated heterocycles. The first kappa shape index (κ1) is 14.4. The topological polar surface area (TPSA) is 42.1 Å². The van der Waals surface area contributed by atoms with Crippen molar-refractivity contribution in [1.29, 1.82) is 0 Å². The van der Waals surface area contributed by atoms with E-state index >= 15 is 0 Å². The average molecular weight is 256 g/mol. The Labute approximate surface area is 110 Å². The number of aromatic nitrogens is 1. The van der Waals surface area contributed by atoms with Gasteiger partial charge in [0.15, 0.2) is 0 Å². The summed E-state index contributed by atoms with van der Waals surface area (Å²) in [6, 6.07) is 4.99.